The molecule has 0 saturated heterocycles. The average Bonchev–Trinajstić information content (AvgIpc) is 2.62. The molecule has 0 saturated carbocycles. The number of anilines is 1. The van der Waals surface area contributed by atoms with Gasteiger partial charge in [-0.15, -0.1) is 0 Å². The van der Waals surface area contributed by atoms with Gasteiger partial charge in [0.25, 0.3) is 5.91 Å². The number of ether oxygens (including phenoxy) is 2. The normalized spacial score (nSPS) is 10.4. The number of methoxy groups -OCH3 is 1. The molecule has 0 heterocycles. The highest BCUT2D eigenvalue weighted by atomic mass is 16.5. The van der Waals surface area contributed by atoms with Crippen molar-refractivity contribution < 1.29 is 14.3 Å². The van der Waals surface area contributed by atoms with Crippen LogP contribution in [0.4, 0.5) is 5.69 Å². The lowest BCUT2D eigenvalue weighted by molar-refractivity contribution is -0.119. The molecule has 1 amide bonds. The summed E-state index contributed by atoms with van der Waals surface area (Å²) in [6, 6.07) is 14.9. The second kappa shape index (κ2) is 9.19. The molecule has 2 aromatic carbocycles. The summed E-state index contributed by atoms with van der Waals surface area (Å²) in [5.74, 6) is 1.24. The Morgan fingerprint density at radius 1 is 1.17 bits per heavy atom. The zero-order valence-corrected chi connectivity index (χ0v) is 13.8. The summed E-state index contributed by atoms with van der Waals surface area (Å²) in [6.45, 7) is 2.66. The van der Waals surface area contributed by atoms with Crippen molar-refractivity contribution in [1.82, 2.24) is 5.43 Å². The number of carbonyl (C=O) groups excluding carboxylic acids is 1. The summed E-state index contributed by atoms with van der Waals surface area (Å²) >= 11 is 0. The van der Waals surface area contributed by atoms with E-state index >= 15 is 0 Å². The Morgan fingerprint density at radius 2 is 1.92 bits per heavy atom. The molecule has 2 rings (SSSR count). The van der Waals surface area contributed by atoms with Crippen LogP contribution < -0.4 is 20.2 Å². The average molecular weight is 327 g/mol. The van der Waals surface area contributed by atoms with E-state index in [4.69, 9.17) is 9.47 Å². The van der Waals surface area contributed by atoms with Gasteiger partial charge >= 0.3 is 0 Å². The zero-order valence-electron chi connectivity index (χ0n) is 13.8. The topological polar surface area (TPSA) is 72.0 Å². The summed E-state index contributed by atoms with van der Waals surface area (Å²) in [5.41, 5.74) is 4.10. The van der Waals surface area contributed by atoms with Gasteiger partial charge < -0.3 is 14.8 Å². The summed E-state index contributed by atoms with van der Waals surface area (Å²) in [4.78, 5) is 11.8. The number of nitrogens with one attached hydrogen (secondary N) is 2. The molecule has 0 aliphatic heterocycles. The minimum Gasteiger partial charge on any atom is -0.495 e. The van der Waals surface area contributed by atoms with Gasteiger partial charge in [0.2, 0.25) is 0 Å². The van der Waals surface area contributed by atoms with Crippen LogP contribution in [0.5, 0.6) is 11.5 Å². The third kappa shape index (κ3) is 5.31. The Labute approximate surface area is 141 Å². The van der Waals surface area contributed by atoms with Gasteiger partial charge in [0.15, 0.2) is 0 Å². The van der Waals surface area contributed by atoms with Crippen molar-refractivity contribution in [2.24, 2.45) is 5.10 Å². The molecular weight excluding hydrogens is 306 g/mol. The van der Waals surface area contributed by atoms with Gasteiger partial charge in [-0.1, -0.05) is 12.1 Å². The number of para-hydroxylation sites is 2. The smallest absolute Gasteiger partial charge is 0.259 e. The third-order valence-electron chi connectivity index (χ3n) is 3.14. The quantitative estimate of drug-likeness (QED) is 0.577. The zero-order chi connectivity index (χ0) is 17.2. The molecule has 0 bridgehead atoms. The molecule has 0 radical (unpaired) electrons. The highest BCUT2D eigenvalue weighted by molar-refractivity contribution is 5.84. The van der Waals surface area contributed by atoms with E-state index in [0.717, 1.165) is 17.0 Å². The summed E-state index contributed by atoms with van der Waals surface area (Å²) in [7, 11) is 1.59. The molecule has 2 N–H and O–H groups in total. The van der Waals surface area contributed by atoms with Crippen molar-refractivity contribution in [3.8, 4) is 11.5 Å². The van der Waals surface area contributed by atoms with Crippen LogP contribution in [-0.2, 0) is 4.79 Å². The molecule has 6 heteroatoms. The van der Waals surface area contributed by atoms with E-state index in [0.29, 0.717) is 12.4 Å². The largest absolute Gasteiger partial charge is 0.495 e. The van der Waals surface area contributed by atoms with Gasteiger partial charge in [-0.25, -0.2) is 5.43 Å². The number of hydrazone groups is 1. The third-order valence-corrected chi connectivity index (χ3v) is 3.14. The number of hydrogen-bond acceptors (Lipinski definition) is 5. The fourth-order valence-electron chi connectivity index (χ4n) is 2.00. The first-order valence-corrected chi connectivity index (χ1v) is 7.64. The van der Waals surface area contributed by atoms with Crippen molar-refractivity contribution in [2.75, 3.05) is 25.6 Å². The van der Waals surface area contributed by atoms with E-state index in [9.17, 15) is 4.79 Å². The van der Waals surface area contributed by atoms with E-state index in [1.807, 2.05) is 55.5 Å². The SMILES string of the molecule is CCOc1ccc(/C=N/NC(=O)CNc2ccccc2OC)cc1. The van der Waals surface area contributed by atoms with Gasteiger partial charge in [-0.05, 0) is 48.9 Å². The predicted molar refractivity (Wildman–Crippen MR) is 94.8 cm³/mol. The molecule has 6 nitrogen and oxygen atoms in total. The molecule has 0 aliphatic carbocycles. The molecule has 0 atom stereocenters. The van der Waals surface area contributed by atoms with Crippen LogP contribution in [0.25, 0.3) is 0 Å². The monoisotopic (exact) mass is 327 g/mol. The Kier molecular flexibility index (Phi) is 6.64. The first kappa shape index (κ1) is 17.3. The van der Waals surface area contributed by atoms with Crippen LogP contribution in [0.1, 0.15) is 12.5 Å². The van der Waals surface area contributed by atoms with Crippen molar-refractivity contribution in [3.05, 3.63) is 54.1 Å². The van der Waals surface area contributed by atoms with Crippen LogP contribution in [-0.4, -0.2) is 32.4 Å². The maximum absolute atomic E-state index is 11.8. The fraction of sp³-hybridized carbons (Fsp3) is 0.222. The first-order chi connectivity index (χ1) is 11.7. The minimum absolute atomic E-state index is 0.0982. The van der Waals surface area contributed by atoms with E-state index < -0.39 is 0 Å². The van der Waals surface area contributed by atoms with E-state index in [2.05, 4.69) is 15.8 Å². The fourth-order valence-corrected chi connectivity index (χ4v) is 2.00. The summed E-state index contributed by atoms with van der Waals surface area (Å²) < 4.78 is 10.6. The Bertz CT molecular complexity index is 684. The highest BCUT2D eigenvalue weighted by Gasteiger charge is 2.03. The highest BCUT2D eigenvalue weighted by Crippen LogP contribution is 2.22. The number of amides is 1. The van der Waals surface area contributed by atoms with Crippen LogP contribution in [0.15, 0.2) is 53.6 Å². The molecule has 0 aliphatic rings. The second-order valence-electron chi connectivity index (χ2n) is 4.85. The number of benzene rings is 2. The molecular formula is C18H21N3O3. The standard InChI is InChI=1S/C18H21N3O3/c1-3-24-15-10-8-14(9-11-15)12-20-21-18(22)13-19-16-6-4-5-7-17(16)23-2/h4-12,19H,3,13H2,1-2H3,(H,21,22)/b20-12+. The lowest BCUT2D eigenvalue weighted by atomic mass is 10.2. The second-order valence-corrected chi connectivity index (χ2v) is 4.85. The van der Waals surface area contributed by atoms with Gasteiger partial charge in [0, 0.05) is 0 Å². The number of carbonyl (C=O) groups is 1. The maximum Gasteiger partial charge on any atom is 0.259 e. The molecule has 0 unspecified atom stereocenters. The van der Waals surface area contributed by atoms with E-state index in [1.165, 1.54) is 0 Å². The van der Waals surface area contributed by atoms with Crippen molar-refractivity contribution in [2.45, 2.75) is 6.92 Å². The lowest BCUT2D eigenvalue weighted by Crippen LogP contribution is -2.26. The van der Waals surface area contributed by atoms with Gasteiger partial charge in [0.1, 0.15) is 11.5 Å². The Hall–Kier alpha value is -3.02. The van der Waals surface area contributed by atoms with Crippen LogP contribution in [0.3, 0.4) is 0 Å². The first-order valence-electron chi connectivity index (χ1n) is 7.64. The van der Waals surface area contributed by atoms with E-state index in [1.54, 1.807) is 13.3 Å². The van der Waals surface area contributed by atoms with Gasteiger partial charge in [0.05, 0.1) is 32.2 Å². The summed E-state index contributed by atoms with van der Waals surface area (Å²) in [6.07, 6.45) is 1.58. The lowest BCUT2D eigenvalue weighted by Gasteiger charge is -2.09. The van der Waals surface area contributed by atoms with Gasteiger partial charge in [-0.3, -0.25) is 4.79 Å². The maximum atomic E-state index is 11.8. The Morgan fingerprint density at radius 3 is 2.62 bits per heavy atom. The number of hydrogen-bond donors (Lipinski definition) is 2. The summed E-state index contributed by atoms with van der Waals surface area (Å²) in [5, 5.41) is 6.94. The number of rotatable bonds is 8. The van der Waals surface area contributed by atoms with E-state index in [-0.39, 0.29) is 12.5 Å². The molecule has 0 fully saturated rings. The van der Waals surface area contributed by atoms with Crippen LogP contribution in [0.2, 0.25) is 0 Å². The van der Waals surface area contributed by atoms with Crippen LogP contribution >= 0.6 is 0 Å². The predicted octanol–water partition coefficient (Wildman–Crippen LogP) is 2.66. The van der Waals surface area contributed by atoms with Crippen molar-refractivity contribution in [3.63, 3.8) is 0 Å². The molecule has 0 aromatic heterocycles. The molecule has 24 heavy (non-hydrogen) atoms. The molecule has 126 valence electrons. The van der Waals surface area contributed by atoms with Crippen molar-refractivity contribution >= 4 is 17.8 Å². The molecule has 2 aromatic rings. The Balaban J connectivity index is 1.80. The van der Waals surface area contributed by atoms with Crippen molar-refractivity contribution in [1.29, 1.82) is 0 Å². The molecule has 0 spiro atoms. The van der Waals surface area contributed by atoms with Gasteiger partial charge in [-0.2, -0.15) is 5.10 Å². The number of nitrogens with zero attached hydrogens (tertiary/aromatic N) is 1. The van der Waals surface area contributed by atoms with Crippen LogP contribution in [0, 0.1) is 0 Å². The minimum atomic E-state index is -0.247.